The van der Waals surface area contributed by atoms with Crippen LogP contribution < -0.4 is 11.2 Å². The van der Waals surface area contributed by atoms with Crippen LogP contribution in [0.3, 0.4) is 0 Å². The Morgan fingerprint density at radius 2 is 1.96 bits per heavy atom. The molecule has 8 nitrogen and oxygen atoms in total. The molecule has 8 heteroatoms. The molecule has 0 saturated carbocycles. The van der Waals surface area contributed by atoms with Crippen LogP contribution >= 0.6 is 0 Å². The van der Waals surface area contributed by atoms with Crippen molar-refractivity contribution in [1.29, 1.82) is 0 Å². The monoisotopic (exact) mass is 330 g/mol. The molecule has 0 spiro atoms. The van der Waals surface area contributed by atoms with Gasteiger partial charge in [-0.05, 0) is 12.1 Å². The Balaban J connectivity index is 1.81. The van der Waals surface area contributed by atoms with Crippen molar-refractivity contribution in [2.24, 2.45) is 0 Å². The first-order valence-electron chi connectivity index (χ1n) is 7.08. The molecule has 24 heavy (non-hydrogen) atoms. The van der Waals surface area contributed by atoms with Gasteiger partial charge < -0.3 is 14.6 Å². The predicted molar refractivity (Wildman–Crippen MR) is 82.2 cm³/mol. The first-order valence-corrected chi connectivity index (χ1v) is 7.08. The second kappa shape index (κ2) is 6.17. The minimum atomic E-state index is -1.35. The second-order valence-corrected chi connectivity index (χ2v) is 5.17. The van der Waals surface area contributed by atoms with E-state index in [0.29, 0.717) is 5.56 Å². The van der Waals surface area contributed by atoms with Gasteiger partial charge in [0.25, 0.3) is 5.56 Å². The molecule has 0 radical (unpaired) electrons. The lowest BCUT2D eigenvalue weighted by molar-refractivity contribution is -0.0273. The van der Waals surface area contributed by atoms with E-state index < -0.39 is 35.7 Å². The molecule has 0 aliphatic carbocycles. The van der Waals surface area contributed by atoms with Gasteiger partial charge in [0.05, 0.1) is 5.56 Å². The molecule has 1 saturated heterocycles. The summed E-state index contributed by atoms with van der Waals surface area (Å²) in [6.07, 6.45) is -2.46. The summed E-state index contributed by atoms with van der Waals surface area (Å²) in [5.74, 6) is -0.645. The van der Waals surface area contributed by atoms with Crippen LogP contribution in [0.5, 0.6) is 0 Å². The van der Waals surface area contributed by atoms with Gasteiger partial charge in [-0.1, -0.05) is 24.8 Å². The molecule has 2 heterocycles. The highest BCUT2D eigenvalue weighted by Crippen LogP contribution is 2.32. The van der Waals surface area contributed by atoms with E-state index in [9.17, 15) is 19.5 Å². The fourth-order valence-corrected chi connectivity index (χ4v) is 2.37. The Morgan fingerprint density at radius 1 is 1.25 bits per heavy atom. The molecule has 2 aromatic rings. The fourth-order valence-electron chi connectivity index (χ4n) is 2.37. The lowest BCUT2D eigenvalue weighted by Crippen LogP contribution is -2.38. The normalized spacial score (nSPS) is 22.9. The standard InChI is InChI=1S/C16H14N2O6/c1-9-13(24-15(21)10-5-3-2-4-6-10)12(20)14(23-9)18-8-7-11(19)17-16(18)22/h2-8,12-14,20H,1H2,(H,17,19,22)/t12-,13-,14+/m0/s1. The number of H-pyrrole nitrogens is 1. The number of aromatic amines is 1. The van der Waals surface area contributed by atoms with Crippen LogP contribution in [0.2, 0.25) is 0 Å². The maximum Gasteiger partial charge on any atom is 0.338 e. The van der Waals surface area contributed by atoms with E-state index in [1.165, 1.54) is 6.20 Å². The Hall–Kier alpha value is -3.13. The van der Waals surface area contributed by atoms with Crippen molar-refractivity contribution in [3.8, 4) is 0 Å². The minimum absolute atomic E-state index is 0.00915. The van der Waals surface area contributed by atoms with Crippen molar-refractivity contribution >= 4 is 5.97 Å². The van der Waals surface area contributed by atoms with Gasteiger partial charge in [-0.2, -0.15) is 0 Å². The van der Waals surface area contributed by atoms with Gasteiger partial charge in [-0.25, -0.2) is 9.59 Å². The lowest BCUT2D eigenvalue weighted by Gasteiger charge is -2.17. The van der Waals surface area contributed by atoms with Gasteiger partial charge >= 0.3 is 11.7 Å². The van der Waals surface area contributed by atoms with Crippen molar-refractivity contribution < 1.29 is 19.4 Å². The zero-order valence-corrected chi connectivity index (χ0v) is 12.4. The molecule has 1 fully saturated rings. The van der Waals surface area contributed by atoms with E-state index in [0.717, 1.165) is 10.6 Å². The molecule has 0 bridgehead atoms. The quantitative estimate of drug-likeness (QED) is 0.776. The van der Waals surface area contributed by atoms with Crippen LogP contribution in [-0.4, -0.2) is 32.8 Å². The maximum atomic E-state index is 12.1. The maximum absolute atomic E-state index is 12.1. The van der Waals surface area contributed by atoms with Crippen molar-refractivity contribution in [2.75, 3.05) is 0 Å². The van der Waals surface area contributed by atoms with Crippen LogP contribution in [0.25, 0.3) is 0 Å². The minimum Gasteiger partial charge on any atom is -0.468 e. The van der Waals surface area contributed by atoms with Gasteiger partial charge in [0.2, 0.25) is 6.23 Å². The van der Waals surface area contributed by atoms with E-state index in [4.69, 9.17) is 9.47 Å². The topological polar surface area (TPSA) is 111 Å². The number of carbonyl (C=O) groups excluding carboxylic acids is 1. The molecular weight excluding hydrogens is 316 g/mol. The number of nitrogens with zero attached hydrogens (tertiary/aromatic N) is 1. The van der Waals surface area contributed by atoms with E-state index in [1.54, 1.807) is 30.3 Å². The number of rotatable bonds is 3. The molecule has 1 aromatic heterocycles. The first-order chi connectivity index (χ1) is 11.5. The molecular formula is C16H14N2O6. The molecule has 2 N–H and O–H groups in total. The molecule has 0 amide bonds. The summed E-state index contributed by atoms with van der Waals surface area (Å²) in [7, 11) is 0. The number of aliphatic hydroxyl groups excluding tert-OH is 1. The van der Waals surface area contributed by atoms with Crippen molar-refractivity contribution in [3.05, 3.63) is 81.3 Å². The lowest BCUT2D eigenvalue weighted by atomic mass is 10.2. The number of esters is 1. The van der Waals surface area contributed by atoms with Gasteiger partial charge in [-0.3, -0.25) is 14.3 Å². The number of aliphatic hydroxyl groups is 1. The third-order valence-electron chi connectivity index (χ3n) is 3.56. The third kappa shape index (κ3) is 2.86. The van der Waals surface area contributed by atoms with Crippen LogP contribution in [0.4, 0.5) is 0 Å². The van der Waals surface area contributed by atoms with E-state index in [1.807, 2.05) is 0 Å². The Kier molecular flexibility index (Phi) is 4.05. The SMILES string of the molecule is C=C1O[C@@H](n2ccc(=O)[nH]c2=O)[C@@H](O)[C@H]1OC(=O)c1ccccc1. The number of ether oxygens (including phenoxy) is 2. The van der Waals surface area contributed by atoms with Gasteiger partial charge in [0, 0.05) is 12.3 Å². The second-order valence-electron chi connectivity index (χ2n) is 5.17. The summed E-state index contributed by atoms with van der Waals surface area (Å²) < 4.78 is 11.6. The predicted octanol–water partition coefficient (Wildman–Crippen LogP) is 0.166. The summed E-state index contributed by atoms with van der Waals surface area (Å²) in [5, 5.41) is 10.3. The molecule has 1 aliphatic heterocycles. The van der Waals surface area contributed by atoms with Crippen LogP contribution in [0.1, 0.15) is 16.6 Å². The smallest absolute Gasteiger partial charge is 0.338 e. The third-order valence-corrected chi connectivity index (χ3v) is 3.56. The van der Waals surface area contributed by atoms with E-state index in [2.05, 4.69) is 11.6 Å². The highest BCUT2D eigenvalue weighted by molar-refractivity contribution is 5.89. The summed E-state index contributed by atoms with van der Waals surface area (Å²) in [5.41, 5.74) is -1.02. The summed E-state index contributed by atoms with van der Waals surface area (Å²) in [6, 6.07) is 9.35. The molecule has 1 aliphatic rings. The number of aromatic nitrogens is 2. The molecule has 124 valence electrons. The molecule has 3 atom stereocenters. The van der Waals surface area contributed by atoms with Crippen LogP contribution in [0.15, 0.2) is 64.5 Å². The van der Waals surface area contributed by atoms with E-state index >= 15 is 0 Å². The first kappa shape index (κ1) is 15.8. The Bertz CT molecular complexity index is 885. The van der Waals surface area contributed by atoms with E-state index in [-0.39, 0.29) is 5.76 Å². The zero-order chi connectivity index (χ0) is 17.3. The highest BCUT2D eigenvalue weighted by atomic mass is 16.6. The van der Waals surface area contributed by atoms with Crippen LogP contribution in [-0.2, 0) is 9.47 Å². The number of carbonyl (C=O) groups is 1. The average Bonchev–Trinajstić information content (AvgIpc) is 2.84. The van der Waals surface area contributed by atoms with Gasteiger partial charge in [0.1, 0.15) is 5.76 Å². The Morgan fingerprint density at radius 3 is 2.62 bits per heavy atom. The number of hydrogen-bond donors (Lipinski definition) is 2. The Labute approximate surface area is 135 Å². The van der Waals surface area contributed by atoms with Crippen molar-refractivity contribution in [2.45, 2.75) is 18.4 Å². The molecule has 0 unspecified atom stereocenters. The zero-order valence-electron chi connectivity index (χ0n) is 12.4. The number of hydrogen-bond acceptors (Lipinski definition) is 6. The highest BCUT2D eigenvalue weighted by Gasteiger charge is 2.44. The summed E-state index contributed by atoms with van der Waals surface area (Å²) in [6.45, 7) is 3.61. The van der Waals surface area contributed by atoms with Gasteiger partial charge in [0.15, 0.2) is 12.2 Å². The number of benzene rings is 1. The average molecular weight is 330 g/mol. The number of nitrogens with one attached hydrogen (secondary N) is 1. The van der Waals surface area contributed by atoms with Gasteiger partial charge in [-0.15, -0.1) is 0 Å². The molecule has 1 aromatic carbocycles. The fraction of sp³-hybridized carbons (Fsp3) is 0.188. The van der Waals surface area contributed by atoms with Crippen molar-refractivity contribution in [1.82, 2.24) is 9.55 Å². The molecule has 3 rings (SSSR count). The summed E-state index contributed by atoms with van der Waals surface area (Å²) >= 11 is 0. The summed E-state index contributed by atoms with van der Waals surface area (Å²) in [4.78, 5) is 37.1. The van der Waals surface area contributed by atoms with Crippen LogP contribution in [0, 0.1) is 0 Å². The largest absolute Gasteiger partial charge is 0.468 e. The van der Waals surface area contributed by atoms with Crippen molar-refractivity contribution in [3.63, 3.8) is 0 Å².